The van der Waals surface area contributed by atoms with Crippen molar-refractivity contribution < 1.29 is 4.79 Å². The number of hydrogen-bond acceptors (Lipinski definition) is 4. The molecule has 0 aliphatic carbocycles. The highest BCUT2D eigenvalue weighted by Crippen LogP contribution is 2.29. The van der Waals surface area contributed by atoms with Gasteiger partial charge in [0.2, 0.25) is 5.95 Å². The Labute approximate surface area is 163 Å². The number of halogens is 1. The fourth-order valence-electron chi connectivity index (χ4n) is 2.76. The van der Waals surface area contributed by atoms with E-state index in [1.165, 1.54) is 18.0 Å². The summed E-state index contributed by atoms with van der Waals surface area (Å²) in [6.45, 7) is 4.52. The fourth-order valence-corrected chi connectivity index (χ4v) is 3.13. The molecule has 0 atom stereocenters. The smallest absolute Gasteiger partial charge is 0.254 e. The molecule has 27 heavy (non-hydrogen) atoms. The number of aryl methyl sites for hydroxylation is 2. The first-order chi connectivity index (χ1) is 13.0. The minimum absolute atomic E-state index is 0.193. The van der Waals surface area contributed by atoms with Crippen LogP contribution in [0.25, 0.3) is 0 Å². The highest BCUT2D eigenvalue weighted by atomic mass is 35.5. The summed E-state index contributed by atoms with van der Waals surface area (Å²) in [6, 6.07) is 13.9. The first-order valence-corrected chi connectivity index (χ1v) is 9.08. The van der Waals surface area contributed by atoms with Gasteiger partial charge in [-0.15, -0.1) is 0 Å². The van der Waals surface area contributed by atoms with E-state index < -0.39 is 0 Å². The molecule has 138 valence electrons. The highest BCUT2D eigenvalue weighted by Gasteiger charge is 2.10. The molecule has 0 bridgehead atoms. The van der Waals surface area contributed by atoms with E-state index in [-0.39, 0.29) is 5.91 Å². The number of amides is 1. The number of rotatable bonds is 6. The number of benzene rings is 2. The van der Waals surface area contributed by atoms with Gasteiger partial charge in [0.05, 0.1) is 16.3 Å². The number of carbonyl (C=O) groups is 1. The molecule has 0 fully saturated rings. The van der Waals surface area contributed by atoms with Gasteiger partial charge in [-0.25, -0.2) is 9.97 Å². The second-order valence-corrected chi connectivity index (χ2v) is 6.76. The van der Waals surface area contributed by atoms with Crippen LogP contribution in [0.3, 0.4) is 0 Å². The molecule has 0 aliphatic rings. The summed E-state index contributed by atoms with van der Waals surface area (Å²) in [5.41, 5.74) is 4.46. The first-order valence-electron chi connectivity index (χ1n) is 8.71. The quantitative estimate of drug-likeness (QED) is 0.662. The molecular weight excluding hydrogens is 360 g/mol. The molecule has 2 N–H and O–H groups in total. The van der Waals surface area contributed by atoms with Crippen LogP contribution in [0.4, 0.5) is 11.6 Å². The number of hydrogen-bond donors (Lipinski definition) is 2. The molecule has 2 aromatic carbocycles. The summed E-state index contributed by atoms with van der Waals surface area (Å²) in [4.78, 5) is 20.7. The molecule has 3 rings (SSSR count). The average molecular weight is 381 g/mol. The zero-order chi connectivity index (χ0) is 19.2. The van der Waals surface area contributed by atoms with Crippen molar-refractivity contribution in [2.45, 2.75) is 20.3 Å². The van der Waals surface area contributed by atoms with Crippen molar-refractivity contribution in [3.8, 4) is 0 Å². The van der Waals surface area contributed by atoms with Crippen LogP contribution in [0, 0.1) is 13.8 Å². The van der Waals surface area contributed by atoms with E-state index in [1.807, 2.05) is 56.3 Å². The van der Waals surface area contributed by atoms with Gasteiger partial charge in [0, 0.05) is 18.9 Å². The third kappa shape index (κ3) is 5.05. The van der Waals surface area contributed by atoms with Crippen molar-refractivity contribution in [3.05, 3.63) is 82.1 Å². The van der Waals surface area contributed by atoms with Gasteiger partial charge in [-0.05, 0) is 43.0 Å². The van der Waals surface area contributed by atoms with E-state index in [9.17, 15) is 4.79 Å². The van der Waals surface area contributed by atoms with Crippen LogP contribution in [0.5, 0.6) is 0 Å². The third-order valence-corrected chi connectivity index (χ3v) is 4.42. The Bertz CT molecular complexity index is 904. The standard InChI is InChI=1S/C21H21ClN4O/c1-14-10-15(2)19(18(22)11-14)26-21-24-12-17(13-25-21)20(27)23-9-8-16-6-4-3-5-7-16/h3-7,10-13H,8-9H2,1-2H3,(H,23,27)(H,24,25,26). The molecule has 0 aliphatic heterocycles. The number of nitrogens with zero attached hydrogens (tertiary/aromatic N) is 2. The van der Waals surface area contributed by atoms with Crippen molar-refractivity contribution in [2.75, 3.05) is 11.9 Å². The Morgan fingerprint density at radius 3 is 2.44 bits per heavy atom. The first kappa shape index (κ1) is 18.9. The molecule has 1 heterocycles. The predicted octanol–water partition coefficient (Wildman–Crippen LogP) is 4.46. The molecule has 1 aromatic heterocycles. The van der Waals surface area contributed by atoms with Gasteiger partial charge < -0.3 is 10.6 Å². The molecular formula is C21H21ClN4O. The Hall–Kier alpha value is -2.92. The number of carbonyl (C=O) groups excluding carboxylic acids is 1. The molecule has 0 spiro atoms. The SMILES string of the molecule is Cc1cc(C)c(Nc2ncc(C(=O)NCCc3ccccc3)cn2)c(Cl)c1. The van der Waals surface area contributed by atoms with Crippen molar-refractivity contribution in [1.29, 1.82) is 0 Å². The maximum Gasteiger partial charge on any atom is 0.254 e. The maximum atomic E-state index is 12.2. The summed E-state index contributed by atoms with van der Waals surface area (Å²) < 4.78 is 0. The molecule has 0 saturated heterocycles. The molecule has 0 saturated carbocycles. The van der Waals surface area contributed by atoms with Crippen molar-refractivity contribution in [2.24, 2.45) is 0 Å². The summed E-state index contributed by atoms with van der Waals surface area (Å²) >= 11 is 6.29. The Balaban J connectivity index is 1.59. The maximum absolute atomic E-state index is 12.2. The van der Waals surface area contributed by atoms with E-state index in [1.54, 1.807) is 0 Å². The van der Waals surface area contributed by atoms with Crippen molar-refractivity contribution in [1.82, 2.24) is 15.3 Å². The van der Waals surface area contributed by atoms with E-state index in [0.717, 1.165) is 23.2 Å². The molecule has 5 nitrogen and oxygen atoms in total. The summed E-state index contributed by atoms with van der Waals surface area (Å²) in [6.07, 6.45) is 3.79. The molecule has 6 heteroatoms. The van der Waals surface area contributed by atoms with Crippen LogP contribution in [-0.2, 0) is 6.42 Å². The van der Waals surface area contributed by atoms with Crippen LogP contribution in [-0.4, -0.2) is 22.4 Å². The zero-order valence-electron chi connectivity index (χ0n) is 15.3. The van der Waals surface area contributed by atoms with E-state index >= 15 is 0 Å². The van der Waals surface area contributed by atoms with Gasteiger partial charge >= 0.3 is 0 Å². The number of anilines is 2. The molecule has 0 radical (unpaired) electrons. The van der Waals surface area contributed by atoms with Crippen LogP contribution in [0.1, 0.15) is 27.0 Å². The normalized spacial score (nSPS) is 10.5. The third-order valence-electron chi connectivity index (χ3n) is 4.12. The topological polar surface area (TPSA) is 66.9 Å². The summed E-state index contributed by atoms with van der Waals surface area (Å²) in [5.74, 6) is 0.201. The van der Waals surface area contributed by atoms with Crippen LogP contribution >= 0.6 is 11.6 Å². The van der Waals surface area contributed by atoms with Gasteiger partial charge in [0.1, 0.15) is 0 Å². The Kier molecular flexibility index (Phi) is 6.04. The second-order valence-electron chi connectivity index (χ2n) is 6.35. The van der Waals surface area contributed by atoms with Gasteiger partial charge in [0.25, 0.3) is 5.91 Å². The lowest BCUT2D eigenvalue weighted by molar-refractivity contribution is 0.0953. The lowest BCUT2D eigenvalue weighted by Gasteiger charge is -2.11. The van der Waals surface area contributed by atoms with E-state index in [0.29, 0.717) is 23.1 Å². The second kappa shape index (κ2) is 8.64. The van der Waals surface area contributed by atoms with Crippen LogP contribution in [0.15, 0.2) is 54.9 Å². The van der Waals surface area contributed by atoms with Crippen LogP contribution in [0.2, 0.25) is 5.02 Å². The van der Waals surface area contributed by atoms with Gasteiger partial charge in [0.15, 0.2) is 0 Å². The van der Waals surface area contributed by atoms with Crippen LogP contribution < -0.4 is 10.6 Å². The van der Waals surface area contributed by atoms with Gasteiger partial charge in [-0.2, -0.15) is 0 Å². The Morgan fingerprint density at radius 1 is 1.07 bits per heavy atom. The number of nitrogens with one attached hydrogen (secondary N) is 2. The largest absolute Gasteiger partial charge is 0.352 e. The minimum atomic E-state index is -0.193. The highest BCUT2D eigenvalue weighted by molar-refractivity contribution is 6.33. The van der Waals surface area contributed by atoms with Gasteiger partial charge in [-0.1, -0.05) is 48.0 Å². The number of aromatic nitrogens is 2. The fraction of sp³-hybridized carbons (Fsp3) is 0.190. The van der Waals surface area contributed by atoms with Crippen molar-refractivity contribution >= 4 is 29.1 Å². The molecule has 1 amide bonds. The average Bonchev–Trinajstić information content (AvgIpc) is 2.66. The zero-order valence-corrected chi connectivity index (χ0v) is 16.0. The van der Waals surface area contributed by atoms with E-state index in [4.69, 9.17) is 11.6 Å². The van der Waals surface area contributed by atoms with Gasteiger partial charge in [-0.3, -0.25) is 4.79 Å². The lowest BCUT2D eigenvalue weighted by Crippen LogP contribution is -2.26. The van der Waals surface area contributed by atoms with E-state index in [2.05, 4.69) is 20.6 Å². The predicted molar refractivity (Wildman–Crippen MR) is 109 cm³/mol. The molecule has 3 aromatic rings. The Morgan fingerprint density at radius 2 is 1.78 bits per heavy atom. The molecule has 0 unspecified atom stereocenters. The summed E-state index contributed by atoms with van der Waals surface area (Å²) in [7, 11) is 0. The monoisotopic (exact) mass is 380 g/mol. The minimum Gasteiger partial charge on any atom is -0.352 e. The lowest BCUT2D eigenvalue weighted by atomic mass is 10.1. The van der Waals surface area contributed by atoms with Crippen molar-refractivity contribution in [3.63, 3.8) is 0 Å². The summed E-state index contributed by atoms with van der Waals surface area (Å²) in [5, 5.41) is 6.60.